The Morgan fingerprint density at radius 1 is 1.37 bits per heavy atom. The van der Waals surface area contributed by atoms with E-state index in [2.05, 4.69) is 30.3 Å². The van der Waals surface area contributed by atoms with Gasteiger partial charge in [-0.2, -0.15) is 11.8 Å². The summed E-state index contributed by atoms with van der Waals surface area (Å²) in [6.45, 7) is 7.31. The van der Waals surface area contributed by atoms with Gasteiger partial charge in [0, 0.05) is 11.3 Å². The second-order valence-electron chi connectivity index (χ2n) is 6.49. The molecule has 0 aromatic heterocycles. The quantitative estimate of drug-likeness (QED) is 0.861. The standard InChI is InChI=1S/C15H28N2OS/c1-11(2)13-16-12(3)14(18)17(13)10-15(19-4)8-6-5-7-9-15/h11-13,16H,5-10H2,1-4H3. The average Bonchev–Trinajstić information content (AvgIpc) is 2.68. The first-order valence-electron chi connectivity index (χ1n) is 7.61. The number of hydrogen-bond donors (Lipinski definition) is 1. The zero-order valence-electron chi connectivity index (χ0n) is 12.7. The molecule has 4 heteroatoms. The third-order valence-electron chi connectivity index (χ3n) is 4.70. The summed E-state index contributed by atoms with van der Waals surface area (Å²) in [5, 5.41) is 3.45. The van der Waals surface area contributed by atoms with E-state index in [1.165, 1.54) is 32.1 Å². The molecule has 1 aliphatic carbocycles. The van der Waals surface area contributed by atoms with E-state index >= 15 is 0 Å². The SMILES string of the molecule is CSC1(CN2C(=O)C(C)NC2C(C)C)CCCCC1. The van der Waals surface area contributed by atoms with Crippen molar-refractivity contribution in [2.45, 2.75) is 69.8 Å². The summed E-state index contributed by atoms with van der Waals surface area (Å²) >= 11 is 1.98. The molecule has 2 aliphatic rings. The Morgan fingerprint density at radius 3 is 2.53 bits per heavy atom. The molecule has 1 aliphatic heterocycles. The fraction of sp³-hybridized carbons (Fsp3) is 0.933. The van der Waals surface area contributed by atoms with Crippen LogP contribution in [0.15, 0.2) is 0 Å². The third-order valence-corrected chi connectivity index (χ3v) is 6.10. The molecule has 19 heavy (non-hydrogen) atoms. The highest BCUT2D eigenvalue weighted by Crippen LogP contribution is 2.40. The van der Waals surface area contributed by atoms with Gasteiger partial charge in [-0.15, -0.1) is 0 Å². The number of carbonyl (C=O) groups is 1. The minimum Gasteiger partial charge on any atom is -0.324 e. The molecule has 1 heterocycles. The lowest BCUT2D eigenvalue weighted by Crippen LogP contribution is -2.49. The van der Waals surface area contributed by atoms with E-state index < -0.39 is 0 Å². The number of nitrogens with one attached hydrogen (secondary N) is 1. The van der Waals surface area contributed by atoms with Crippen molar-refractivity contribution in [3.63, 3.8) is 0 Å². The zero-order chi connectivity index (χ0) is 14.0. The molecule has 2 fully saturated rings. The van der Waals surface area contributed by atoms with Gasteiger partial charge in [-0.3, -0.25) is 10.1 Å². The van der Waals surface area contributed by atoms with E-state index in [0.717, 1.165) is 6.54 Å². The predicted octanol–water partition coefficient (Wildman–Crippen LogP) is 2.85. The summed E-state index contributed by atoms with van der Waals surface area (Å²) in [4.78, 5) is 14.5. The van der Waals surface area contributed by atoms with E-state index in [1.807, 2.05) is 18.7 Å². The van der Waals surface area contributed by atoms with Crippen LogP contribution < -0.4 is 5.32 Å². The maximum Gasteiger partial charge on any atom is 0.240 e. The topological polar surface area (TPSA) is 32.3 Å². The van der Waals surface area contributed by atoms with Crippen LogP contribution in [0.25, 0.3) is 0 Å². The van der Waals surface area contributed by atoms with E-state index in [-0.39, 0.29) is 18.1 Å². The average molecular weight is 284 g/mol. The fourth-order valence-electron chi connectivity index (χ4n) is 3.47. The predicted molar refractivity (Wildman–Crippen MR) is 82.3 cm³/mol. The van der Waals surface area contributed by atoms with Gasteiger partial charge >= 0.3 is 0 Å². The first kappa shape index (κ1) is 15.2. The molecule has 1 saturated heterocycles. The highest BCUT2D eigenvalue weighted by molar-refractivity contribution is 8.00. The van der Waals surface area contributed by atoms with Gasteiger partial charge < -0.3 is 4.90 Å². The van der Waals surface area contributed by atoms with Crippen molar-refractivity contribution in [2.75, 3.05) is 12.8 Å². The van der Waals surface area contributed by atoms with Crippen molar-refractivity contribution < 1.29 is 4.79 Å². The zero-order valence-corrected chi connectivity index (χ0v) is 13.6. The summed E-state index contributed by atoms with van der Waals surface area (Å²) in [5.41, 5.74) is 0. The summed E-state index contributed by atoms with van der Waals surface area (Å²) in [5.74, 6) is 0.758. The van der Waals surface area contributed by atoms with Crippen LogP contribution in [0, 0.1) is 5.92 Å². The monoisotopic (exact) mass is 284 g/mol. The number of nitrogens with zero attached hydrogens (tertiary/aromatic N) is 1. The molecule has 1 N–H and O–H groups in total. The molecule has 0 aromatic rings. The van der Waals surface area contributed by atoms with Crippen molar-refractivity contribution in [2.24, 2.45) is 5.92 Å². The lowest BCUT2D eigenvalue weighted by Gasteiger charge is -2.41. The fourth-order valence-corrected chi connectivity index (χ4v) is 4.43. The van der Waals surface area contributed by atoms with Gasteiger partial charge in [-0.25, -0.2) is 0 Å². The smallest absolute Gasteiger partial charge is 0.240 e. The van der Waals surface area contributed by atoms with Gasteiger partial charge in [0.25, 0.3) is 0 Å². The number of amides is 1. The Morgan fingerprint density at radius 2 is 2.00 bits per heavy atom. The molecule has 0 radical (unpaired) electrons. The summed E-state index contributed by atoms with van der Waals surface area (Å²) in [6.07, 6.45) is 8.95. The van der Waals surface area contributed by atoms with E-state index in [1.54, 1.807) is 0 Å². The van der Waals surface area contributed by atoms with Gasteiger partial charge in [0.05, 0.1) is 12.2 Å². The second kappa shape index (κ2) is 6.04. The van der Waals surface area contributed by atoms with Crippen LogP contribution in [0.4, 0.5) is 0 Å². The second-order valence-corrected chi connectivity index (χ2v) is 7.77. The van der Waals surface area contributed by atoms with Gasteiger partial charge in [-0.05, 0) is 31.9 Å². The minimum atomic E-state index is -0.0186. The maximum absolute atomic E-state index is 12.4. The van der Waals surface area contributed by atoms with Crippen LogP contribution in [-0.2, 0) is 4.79 Å². The van der Waals surface area contributed by atoms with Crippen molar-refractivity contribution >= 4 is 17.7 Å². The number of hydrogen-bond acceptors (Lipinski definition) is 3. The van der Waals surface area contributed by atoms with Gasteiger partial charge in [0.1, 0.15) is 0 Å². The number of carbonyl (C=O) groups excluding carboxylic acids is 1. The van der Waals surface area contributed by atoms with E-state index in [0.29, 0.717) is 10.7 Å². The molecule has 110 valence electrons. The molecular weight excluding hydrogens is 256 g/mol. The molecule has 2 atom stereocenters. The Kier molecular flexibility index (Phi) is 4.83. The first-order valence-corrected chi connectivity index (χ1v) is 8.83. The van der Waals surface area contributed by atoms with Gasteiger partial charge in [0.2, 0.25) is 5.91 Å². The van der Waals surface area contributed by atoms with Crippen LogP contribution in [0.3, 0.4) is 0 Å². The Hall–Kier alpha value is -0.220. The molecule has 2 unspecified atom stereocenters. The molecule has 2 rings (SSSR count). The summed E-state index contributed by atoms with van der Waals surface area (Å²) in [7, 11) is 0. The highest BCUT2D eigenvalue weighted by atomic mass is 32.2. The Labute approximate surface area is 121 Å². The lowest BCUT2D eigenvalue weighted by molar-refractivity contribution is -0.130. The minimum absolute atomic E-state index is 0.0186. The first-order chi connectivity index (χ1) is 8.99. The number of rotatable bonds is 4. The Balaban J connectivity index is 2.12. The lowest BCUT2D eigenvalue weighted by atomic mass is 9.87. The molecule has 0 bridgehead atoms. The normalized spacial score (nSPS) is 31.2. The summed E-state index contributed by atoms with van der Waals surface area (Å²) < 4.78 is 0.298. The van der Waals surface area contributed by atoms with Crippen molar-refractivity contribution in [1.82, 2.24) is 10.2 Å². The van der Waals surface area contributed by atoms with Crippen molar-refractivity contribution in [1.29, 1.82) is 0 Å². The van der Waals surface area contributed by atoms with Crippen LogP contribution in [0.2, 0.25) is 0 Å². The van der Waals surface area contributed by atoms with Gasteiger partial charge in [0.15, 0.2) is 0 Å². The number of thioether (sulfide) groups is 1. The van der Waals surface area contributed by atoms with Crippen LogP contribution in [-0.4, -0.2) is 40.6 Å². The van der Waals surface area contributed by atoms with Gasteiger partial charge in [-0.1, -0.05) is 33.1 Å². The van der Waals surface area contributed by atoms with Crippen molar-refractivity contribution in [3.05, 3.63) is 0 Å². The Bertz CT molecular complexity index is 326. The van der Waals surface area contributed by atoms with E-state index in [9.17, 15) is 4.79 Å². The van der Waals surface area contributed by atoms with Crippen LogP contribution >= 0.6 is 11.8 Å². The highest BCUT2D eigenvalue weighted by Gasteiger charge is 2.43. The molecular formula is C15H28N2OS. The molecule has 1 saturated carbocycles. The summed E-state index contributed by atoms with van der Waals surface area (Å²) in [6, 6.07) is -0.0186. The third kappa shape index (κ3) is 3.10. The van der Waals surface area contributed by atoms with Crippen LogP contribution in [0.5, 0.6) is 0 Å². The van der Waals surface area contributed by atoms with E-state index in [4.69, 9.17) is 0 Å². The largest absolute Gasteiger partial charge is 0.324 e. The molecule has 3 nitrogen and oxygen atoms in total. The van der Waals surface area contributed by atoms with Crippen molar-refractivity contribution in [3.8, 4) is 0 Å². The molecule has 0 aromatic carbocycles. The van der Waals surface area contributed by atoms with Crippen LogP contribution in [0.1, 0.15) is 52.9 Å². The maximum atomic E-state index is 12.4. The molecule has 0 spiro atoms. The molecule has 1 amide bonds.